The molecule has 0 aromatic heterocycles. The predicted molar refractivity (Wildman–Crippen MR) is 73.6 cm³/mol. The molecule has 7 nitrogen and oxygen atoms in total. The lowest BCUT2D eigenvalue weighted by Crippen LogP contribution is -2.44. The summed E-state index contributed by atoms with van der Waals surface area (Å²) in [5, 5.41) is 20.5. The molecule has 0 saturated carbocycles. The third kappa shape index (κ3) is 1.93. The molecule has 0 aromatic carbocycles. The largest absolute Gasteiger partial charge is 0.481 e. The van der Waals surface area contributed by atoms with E-state index >= 15 is 0 Å². The van der Waals surface area contributed by atoms with Crippen LogP contribution in [0.2, 0.25) is 0 Å². The summed E-state index contributed by atoms with van der Waals surface area (Å²) in [5.41, 5.74) is 0.507. The lowest BCUT2D eigenvalue weighted by molar-refractivity contribution is -0.519. The molecule has 3 rings (SSSR count). The van der Waals surface area contributed by atoms with Crippen LogP contribution in [-0.4, -0.2) is 33.6 Å². The molecule has 0 heterocycles. The van der Waals surface area contributed by atoms with E-state index in [0.29, 0.717) is 18.4 Å². The van der Waals surface area contributed by atoms with Gasteiger partial charge in [0.15, 0.2) is 11.6 Å². The Morgan fingerprint density at radius 2 is 1.95 bits per heavy atom. The van der Waals surface area contributed by atoms with E-state index in [1.165, 1.54) is 0 Å². The third-order valence-corrected chi connectivity index (χ3v) is 4.46. The van der Waals surface area contributed by atoms with E-state index in [1.54, 1.807) is 12.2 Å². The van der Waals surface area contributed by atoms with Gasteiger partial charge in [0.1, 0.15) is 5.92 Å². The summed E-state index contributed by atoms with van der Waals surface area (Å²) >= 11 is 0. The van der Waals surface area contributed by atoms with Gasteiger partial charge in [-0.3, -0.25) is 24.5 Å². The summed E-state index contributed by atoms with van der Waals surface area (Å²) in [6.07, 6.45) is 4.41. The highest BCUT2D eigenvalue weighted by Gasteiger charge is 2.51. The average molecular weight is 303 g/mol. The fourth-order valence-corrected chi connectivity index (χ4v) is 3.43. The zero-order chi connectivity index (χ0) is 16.0. The van der Waals surface area contributed by atoms with Gasteiger partial charge in [0.05, 0.1) is 5.57 Å². The van der Waals surface area contributed by atoms with Crippen LogP contribution in [0.4, 0.5) is 0 Å². The monoisotopic (exact) mass is 303 g/mol. The number of ketones is 2. The first kappa shape index (κ1) is 14.4. The fraction of sp³-hybridized carbons (Fsp3) is 0.400. The van der Waals surface area contributed by atoms with Crippen molar-refractivity contribution in [1.82, 2.24) is 0 Å². The summed E-state index contributed by atoms with van der Waals surface area (Å²) < 4.78 is 0. The molecule has 2 atom stereocenters. The average Bonchev–Trinajstić information content (AvgIpc) is 2.51. The molecule has 0 saturated heterocycles. The number of carboxylic acids is 1. The van der Waals surface area contributed by atoms with Gasteiger partial charge < -0.3 is 5.11 Å². The van der Waals surface area contributed by atoms with Crippen LogP contribution >= 0.6 is 0 Å². The number of rotatable bonds is 2. The first-order valence-electron chi connectivity index (χ1n) is 7.02. The Kier molecular flexibility index (Phi) is 3.27. The van der Waals surface area contributed by atoms with Gasteiger partial charge >= 0.3 is 5.97 Å². The van der Waals surface area contributed by atoms with Crippen molar-refractivity contribution in [2.45, 2.75) is 31.7 Å². The first-order valence-corrected chi connectivity index (χ1v) is 7.02. The second-order valence-corrected chi connectivity index (χ2v) is 5.60. The number of aliphatic carboxylic acids is 1. The van der Waals surface area contributed by atoms with Crippen molar-refractivity contribution in [2.75, 3.05) is 0 Å². The third-order valence-electron chi connectivity index (χ3n) is 4.46. The predicted octanol–water partition coefficient (Wildman–Crippen LogP) is 1.22. The van der Waals surface area contributed by atoms with E-state index < -0.39 is 28.6 Å². The van der Waals surface area contributed by atoms with Crippen molar-refractivity contribution in [3.63, 3.8) is 0 Å². The van der Waals surface area contributed by atoms with Gasteiger partial charge in [-0.15, -0.1) is 0 Å². The smallest absolute Gasteiger partial charge is 0.313 e. The quantitative estimate of drug-likeness (QED) is 0.466. The number of Topliss-reactive ketones (excluding diaryl/α,β-unsaturated/α-hetero) is 2. The second kappa shape index (κ2) is 5.01. The zero-order valence-corrected chi connectivity index (χ0v) is 11.6. The van der Waals surface area contributed by atoms with E-state index in [9.17, 15) is 29.6 Å². The second-order valence-electron chi connectivity index (χ2n) is 5.60. The molecule has 1 N–H and O–H groups in total. The topological polar surface area (TPSA) is 115 Å². The highest BCUT2D eigenvalue weighted by Crippen LogP contribution is 2.40. The van der Waals surface area contributed by atoms with Crippen molar-refractivity contribution in [3.8, 4) is 0 Å². The van der Waals surface area contributed by atoms with E-state index in [4.69, 9.17) is 0 Å². The number of hydrogen-bond acceptors (Lipinski definition) is 5. The van der Waals surface area contributed by atoms with Gasteiger partial charge in [-0.1, -0.05) is 12.2 Å². The van der Waals surface area contributed by atoms with Gasteiger partial charge in [-0.25, -0.2) is 0 Å². The molecule has 0 amide bonds. The number of hydrogen-bond donors (Lipinski definition) is 1. The molecule has 7 heteroatoms. The first-order chi connectivity index (χ1) is 10.4. The van der Waals surface area contributed by atoms with E-state index in [-0.39, 0.29) is 35.3 Å². The van der Waals surface area contributed by atoms with Crippen LogP contribution in [0.5, 0.6) is 0 Å². The van der Waals surface area contributed by atoms with Crippen molar-refractivity contribution in [3.05, 3.63) is 44.6 Å². The Hall–Kier alpha value is -2.57. The minimum absolute atomic E-state index is 0.00877. The molecular weight excluding hydrogens is 290 g/mol. The zero-order valence-electron chi connectivity index (χ0n) is 11.6. The lowest BCUT2D eigenvalue weighted by atomic mass is 9.70. The van der Waals surface area contributed by atoms with Crippen LogP contribution in [0.1, 0.15) is 25.7 Å². The highest BCUT2D eigenvalue weighted by molar-refractivity contribution is 6.27. The SMILES string of the molecule is O=C1C2=C(CCC=C2)C(=O)C2=C1CCC(C(=O)O)C2[N+](=O)[O-]. The van der Waals surface area contributed by atoms with Gasteiger partial charge in [0.2, 0.25) is 0 Å². The summed E-state index contributed by atoms with van der Waals surface area (Å²) in [7, 11) is 0. The Morgan fingerprint density at radius 3 is 2.59 bits per heavy atom. The van der Waals surface area contributed by atoms with Gasteiger partial charge in [0, 0.05) is 21.6 Å². The Balaban J connectivity index is 2.15. The van der Waals surface area contributed by atoms with Crippen molar-refractivity contribution < 1.29 is 24.4 Å². The number of nitrogens with zero attached hydrogens (tertiary/aromatic N) is 1. The summed E-state index contributed by atoms with van der Waals surface area (Å²) in [6, 6.07) is -1.64. The number of carbonyl (C=O) groups is 3. The fourth-order valence-electron chi connectivity index (χ4n) is 3.43. The standard InChI is InChI=1S/C15H13NO6/c17-13-7-3-1-2-4-8(7)14(18)11-9(13)5-6-10(15(19)20)12(11)16(21)22/h1,3,10,12H,2,4-6H2,(H,19,20). The maximum atomic E-state index is 12.6. The summed E-state index contributed by atoms with van der Waals surface area (Å²) in [5.74, 6) is -3.47. The molecule has 0 aromatic rings. The number of nitro groups is 1. The Morgan fingerprint density at radius 1 is 1.23 bits per heavy atom. The molecular formula is C15H13NO6. The Bertz CT molecular complexity index is 712. The van der Waals surface area contributed by atoms with Crippen LogP contribution in [-0.2, 0) is 14.4 Å². The van der Waals surface area contributed by atoms with E-state index in [1.807, 2.05) is 0 Å². The molecule has 0 spiro atoms. The van der Waals surface area contributed by atoms with Crippen molar-refractivity contribution >= 4 is 17.5 Å². The van der Waals surface area contributed by atoms with Crippen LogP contribution in [0.3, 0.4) is 0 Å². The van der Waals surface area contributed by atoms with Gasteiger partial charge in [-0.05, 0) is 25.7 Å². The van der Waals surface area contributed by atoms with Crippen LogP contribution in [0.25, 0.3) is 0 Å². The van der Waals surface area contributed by atoms with Gasteiger partial charge in [0.25, 0.3) is 6.04 Å². The molecule has 3 aliphatic rings. The van der Waals surface area contributed by atoms with E-state index in [0.717, 1.165) is 0 Å². The molecule has 22 heavy (non-hydrogen) atoms. The maximum absolute atomic E-state index is 12.6. The van der Waals surface area contributed by atoms with Gasteiger partial charge in [-0.2, -0.15) is 0 Å². The summed E-state index contributed by atoms with van der Waals surface area (Å²) in [4.78, 5) is 47.0. The molecule has 0 aliphatic heterocycles. The summed E-state index contributed by atoms with van der Waals surface area (Å²) in [6.45, 7) is 0. The number of carboxylic acid groups (broad SMARTS) is 1. The van der Waals surface area contributed by atoms with Crippen LogP contribution < -0.4 is 0 Å². The van der Waals surface area contributed by atoms with Crippen molar-refractivity contribution in [1.29, 1.82) is 0 Å². The Labute approximate surface area is 125 Å². The molecule has 0 bridgehead atoms. The van der Waals surface area contributed by atoms with Crippen LogP contribution in [0, 0.1) is 16.0 Å². The number of allylic oxidation sites excluding steroid dienone is 5. The molecule has 0 radical (unpaired) electrons. The van der Waals surface area contributed by atoms with E-state index in [2.05, 4.69) is 0 Å². The lowest BCUT2D eigenvalue weighted by Gasteiger charge is -2.31. The highest BCUT2D eigenvalue weighted by atomic mass is 16.6. The van der Waals surface area contributed by atoms with Crippen molar-refractivity contribution in [2.24, 2.45) is 5.92 Å². The molecule has 2 unspecified atom stereocenters. The minimum atomic E-state index is -1.64. The number of carbonyl (C=O) groups excluding carboxylic acids is 2. The molecule has 3 aliphatic carbocycles. The minimum Gasteiger partial charge on any atom is -0.481 e. The maximum Gasteiger partial charge on any atom is 0.313 e. The normalized spacial score (nSPS) is 27.6. The molecule has 0 fully saturated rings. The molecule has 114 valence electrons. The van der Waals surface area contributed by atoms with Crippen LogP contribution in [0.15, 0.2) is 34.4 Å².